The first-order valence-electron chi connectivity index (χ1n) is 8.93. The quantitative estimate of drug-likeness (QED) is 0.552. The summed E-state index contributed by atoms with van der Waals surface area (Å²) >= 11 is 0. The molecule has 13 heteroatoms. The van der Waals surface area contributed by atoms with Crippen LogP contribution in [-0.4, -0.2) is 0 Å². The van der Waals surface area contributed by atoms with Crippen molar-refractivity contribution >= 4 is 11.1 Å². The molecule has 0 atom stereocenters. The fourth-order valence-corrected chi connectivity index (χ4v) is 3.27. The molecular weight excluding hydrogens is 488 g/mol. The third-order valence-corrected chi connectivity index (χ3v) is 4.66. The van der Waals surface area contributed by atoms with Crippen LogP contribution in [0.3, 0.4) is 0 Å². The molecule has 0 radical (unpaired) electrons. The first kappa shape index (κ1) is 26.4. The van der Waals surface area contributed by atoms with Crippen LogP contribution in [-0.2, 0) is 12.4 Å². The van der Waals surface area contributed by atoms with Crippen LogP contribution in [0.5, 0.6) is 0 Å². The maximum Gasteiger partial charge on any atom is 0.419 e. The Morgan fingerprint density at radius 3 is 1.44 bits per heavy atom. The minimum atomic E-state index is -5.62. The summed E-state index contributed by atoms with van der Waals surface area (Å²) in [6.07, 6.45) is -11.1. The van der Waals surface area contributed by atoms with E-state index in [4.69, 9.17) is 15.8 Å². The van der Waals surface area contributed by atoms with E-state index in [9.17, 15) is 47.4 Å². The number of nitrogens with zero attached hydrogens (tertiary/aromatic N) is 7. The molecule has 0 bridgehead atoms. The van der Waals surface area contributed by atoms with Crippen LogP contribution in [0.25, 0.3) is 11.1 Å². The fraction of sp³-hybridized carbons (Fsp3) is 0.0870. The lowest BCUT2D eigenvalue weighted by atomic mass is 9.87. The molecule has 0 unspecified atom stereocenters. The van der Waals surface area contributed by atoms with Gasteiger partial charge in [0.2, 0.25) is 0 Å². The van der Waals surface area contributed by atoms with Crippen molar-refractivity contribution in [3.05, 3.63) is 67.6 Å². The average Bonchev–Trinajstić information content (AvgIpc) is 2.83. The lowest BCUT2D eigenvalue weighted by Gasteiger charge is -2.19. The number of rotatable bonds is 1. The van der Waals surface area contributed by atoms with Crippen molar-refractivity contribution in [2.75, 3.05) is 0 Å². The molecule has 2 aromatic rings. The Morgan fingerprint density at radius 2 is 1.11 bits per heavy atom. The number of halogens is 6. The second-order valence-electron chi connectivity index (χ2n) is 6.57. The van der Waals surface area contributed by atoms with Crippen LogP contribution in [0.4, 0.5) is 26.3 Å². The largest absolute Gasteiger partial charge is 0.419 e. The van der Waals surface area contributed by atoms with Crippen molar-refractivity contribution < 1.29 is 26.3 Å². The summed E-state index contributed by atoms with van der Waals surface area (Å²) in [4.78, 5) is 0. The monoisotopic (exact) mass is 491 g/mol. The highest BCUT2D eigenvalue weighted by Crippen LogP contribution is 2.43. The topological polar surface area (TPSA) is 167 Å². The number of benzene rings is 2. The molecule has 0 saturated heterocycles. The summed E-state index contributed by atoms with van der Waals surface area (Å²) in [5.41, 5.74) is -11.6. The van der Waals surface area contributed by atoms with Crippen molar-refractivity contribution in [3.8, 4) is 42.5 Å². The van der Waals surface area contributed by atoms with E-state index in [2.05, 4.69) is 0 Å². The zero-order valence-electron chi connectivity index (χ0n) is 17.1. The summed E-state index contributed by atoms with van der Waals surface area (Å²) < 4.78 is 82.0. The van der Waals surface area contributed by atoms with Gasteiger partial charge in [-0.25, -0.2) is 0 Å². The molecule has 0 aliphatic heterocycles. The van der Waals surface area contributed by atoms with E-state index < -0.39 is 72.9 Å². The number of nitriles is 7. The van der Waals surface area contributed by atoms with E-state index in [-0.39, 0.29) is 6.07 Å². The molecule has 7 nitrogen and oxygen atoms in total. The first-order valence-corrected chi connectivity index (χ1v) is 8.93. The third kappa shape index (κ3) is 4.48. The Hall–Kier alpha value is -5.81. The van der Waals surface area contributed by atoms with Gasteiger partial charge in [0.1, 0.15) is 35.9 Å². The zero-order chi connectivity index (χ0) is 27.4. The van der Waals surface area contributed by atoms with Gasteiger partial charge in [-0.05, 0) is 23.4 Å². The molecule has 172 valence electrons. The maximum absolute atomic E-state index is 13.7. The molecule has 0 fully saturated rings. The zero-order valence-corrected chi connectivity index (χ0v) is 17.1. The second kappa shape index (κ2) is 9.59. The van der Waals surface area contributed by atoms with Gasteiger partial charge in [-0.1, -0.05) is 0 Å². The Balaban J connectivity index is 3.39. The van der Waals surface area contributed by atoms with Gasteiger partial charge >= 0.3 is 12.4 Å². The van der Waals surface area contributed by atoms with Gasteiger partial charge in [0.25, 0.3) is 0 Å². The molecule has 0 N–H and O–H groups in total. The Bertz CT molecular complexity index is 1670. The standard InChI is InChI=1S/C23H3F6N7/c24-22(25,26)19-3-15(17(9-35)21(18(19)10-36)23(27,28)29)16(8-34)11-1-12(4-30)20(13(2-11)5-31)14(6-32)7-33/h1-3H. The maximum atomic E-state index is 13.7. The predicted octanol–water partition coefficient (Wildman–Crippen LogP) is 3.13. The van der Waals surface area contributed by atoms with E-state index in [1.54, 1.807) is 12.1 Å². The molecule has 0 saturated carbocycles. The third-order valence-electron chi connectivity index (χ3n) is 4.66. The lowest BCUT2D eigenvalue weighted by molar-refractivity contribution is -0.143. The molecule has 0 amide bonds. The van der Waals surface area contributed by atoms with Gasteiger partial charge in [-0.2, -0.15) is 63.2 Å². The van der Waals surface area contributed by atoms with Gasteiger partial charge in [-0.15, -0.1) is 0 Å². The fourth-order valence-electron chi connectivity index (χ4n) is 3.27. The highest BCUT2D eigenvalue weighted by atomic mass is 19.4. The average molecular weight is 491 g/mol. The molecular formula is C23H3F6N7. The van der Waals surface area contributed by atoms with Gasteiger partial charge in [0.05, 0.1) is 51.1 Å². The lowest BCUT2D eigenvalue weighted by Crippen LogP contribution is -2.23. The van der Waals surface area contributed by atoms with Gasteiger partial charge < -0.3 is 0 Å². The van der Waals surface area contributed by atoms with E-state index >= 15 is 0 Å². The van der Waals surface area contributed by atoms with E-state index in [0.29, 0.717) is 0 Å². The highest BCUT2D eigenvalue weighted by molar-refractivity contribution is 5.83. The van der Waals surface area contributed by atoms with Crippen LogP contribution in [0.1, 0.15) is 38.9 Å². The number of alkyl halides is 6. The van der Waals surface area contributed by atoms with Crippen LogP contribution < -0.4 is 10.4 Å². The smallest absolute Gasteiger partial charge is 0.192 e. The SMILES string of the molecule is N#CC(c1cc(C(F)(F)F)c(C#N)c(C(F)(F)F)c1C#N)=c1cc(C#N)c(=C(C#N)C#N)c(C#N)c1. The van der Waals surface area contributed by atoms with E-state index in [1.165, 1.54) is 18.2 Å². The van der Waals surface area contributed by atoms with Gasteiger partial charge in [0, 0.05) is 10.8 Å². The van der Waals surface area contributed by atoms with Crippen molar-refractivity contribution in [2.24, 2.45) is 0 Å². The van der Waals surface area contributed by atoms with Crippen LogP contribution in [0, 0.1) is 79.3 Å². The Morgan fingerprint density at radius 1 is 0.611 bits per heavy atom. The first-order chi connectivity index (χ1) is 16.8. The molecule has 2 rings (SSSR count). The Kier molecular flexibility index (Phi) is 7.04. The molecule has 0 aliphatic carbocycles. The number of hydrogen-bond donors (Lipinski definition) is 0. The molecule has 0 heterocycles. The van der Waals surface area contributed by atoms with Crippen molar-refractivity contribution in [3.63, 3.8) is 0 Å². The van der Waals surface area contributed by atoms with Crippen molar-refractivity contribution in [1.82, 2.24) is 0 Å². The summed E-state index contributed by atoms with van der Waals surface area (Å²) in [6, 6.07) is 10.8. The van der Waals surface area contributed by atoms with Gasteiger partial charge in [-0.3, -0.25) is 0 Å². The molecule has 36 heavy (non-hydrogen) atoms. The normalized spacial score (nSPS) is 10.3. The summed E-state index contributed by atoms with van der Waals surface area (Å²) in [5, 5.41) is 64.2. The predicted molar refractivity (Wildman–Crippen MR) is 104 cm³/mol. The van der Waals surface area contributed by atoms with Crippen LogP contribution >= 0.6 is 0 Å². The summed E-state index contributed by atoms with van der Waals surface area (Å²) in [6.45, 7) is 0. The second-order valence-corrected chi connectivity index (χ2v) is 6.57. The molecule has 2 aromatic carbocycles. The molecule has 0 spiro atoms. The molecule has 0 aliphatic rings. The molecule has 0 aromatic heterocycles. The van der Waals surface area contributed by atoms with Crippen LogP contribution in [0.15, 0.2) is 18.2 Å². The summed E-state index contributed by atoms with van der Waals surface area (Å²) in [7, 11) is 0. The minimum absolute atomic E-state index is 0.0268. The highest BCUT2D eigenvalue weighted by Gasteiger charge is 2.44. The van der Waals surface area contributed by atoms with Crippen molar-refractivity contribution in [1.29, 1.82) is 36.8 Å². The summed E-state index contributed by atoms with van der Waals surface area (Å²) in [5.74, 6) is 0. The van der Waals surface area contributed by atoms with Crippen molar-refractivity contribution in [2.45, 2.75) is 12.4 Å². The number of hydrogen-bond acceptors (Lipinski definition) is 7. The van der Waals surface area contributed by atoms with Crippen LogP contribution in [0.2, 0.25) is 0 Å². The Labute approximate surface area is 197 Å². The minimum Gasteiger partial charge on any atom is -0.192 e. The van der Waals surface area contributed by atoms with E-state index in [0.717, 1.165) is 24.3 Å². The van der Waals surface area contributed by atoms with Gasteiger partial charge in [0.15, 0.2) is 0 Å². The van der Waals surface area contributed by atoms with E-state index in [1.807, 2.05) is 0 Å².